The minimum atomic E-state index is 0.725. The van der Waals surface area contributed by atoms with Gasteiger partial charge in [0.2, 0.25) is 0 Å². The van der Waals surface area contributed by atoms with Crippen LogP contribution in [0.25, 0.3) is 0 Å². The SMILES string of the molecule is C=CCNC(=NC)NCCc1ccc(C)cc1C. The van der Waals surface area contributed by atoms with Crippen LogP contribution >= 0.6 is 0 Å². The molecule has 1 aromatic rings. The largest absolute Gasteiger partial charge is 0.356 e. The second-order valence-corrected chi connectivity index (χ2v) is 4.35. The smallest absolute Gasteiger partial charge is 0.191 e. The second kappa shape index (κ2) is 7.54. The van der Waals surface area contributed by atoms with E-state index < -0.39 is 0 Å². The van der Waals surface area contributed by atoms with Gasteiger partial charge in [-0.05, 0) is 31.4 Å². The molecule has 1 rings (SSSR count). The monoisotopic (exact) mass is 245 g/mol. The molecule has 0 unspecified atom stereocenters. The number of guanidine groups is 1. The first-order valence-corrected chi connectivity index (χ1v) is 6.29. The molecule has 0 saturated carbocycles. The van der Waals surface area contributed by atoms with Gasteiger partial charge in [-0.1, -0.05) is 29.8 Å². The average Bonchev–Trinajstić information content (AvgIpc) is 2.36. The Morgan fingerprint density at radius 1 is 1.33 bits per heavy atom. The fraction of sp³-hybridized carbons (Fsp3) is 0.400. The van der Waals surface area contributed by atoms with E-state index in [1.54, 1.807) is 7.05 Å². The van der Waals surface area contributed by atoms with Gasteiger partial charge < -0.3 is 10.6 Å². The quantitative estimate of drug-likeness (QED) is 0.474. The normalized spacial score (nSPS) is 11.2. The van der Waals surface area contributed by atoms with Crippen LogP contribution in [0.4, 0.5) is 0 Å². The van der Waals surface area contributed by atoms with E-state index >= 15 is 0 Å². The van der Waals surface area contributed by atoms with Crippen molar-refractivity contribution in [3.8, 4) is 0 Å². The van der Waals surface area contributed by atoms with Crippen LogP contribution in [0.15, 0.2) is 35.8 Å². The third-order valence-corrected chi connectivity index (χ3v) is 2.82. The van der Waals surface area contributed by atoms with Crippen molar-refractivity contribution in [1.29, 1.82) is 0 Å². The van der Waals surface area contributed by atoms with Crippen LogP contribution in [0, 0.1) is 13.8 Å². The number of hydrogen-bond donors (Lipinski definition) is 2. The lowest BCUT2D eigenvalue weighted by atomic mass is 10.0. The molecule has 18 heavy (non-hydrogen) atoms. The molecule has 0 amide bonds. The van der Waals surface area contributed by atoms with Crippen molar-refractivity contribution >= 4 is 5.96 Å². The summed E-state index contributed by atoms with van der Waals surface area (Å²) in [7, 11) is 1.77. The molecule has 0 aliphatic rings. The lowest BCUT2D eigenvalue weighted by Gasteiger charge is -2.11. The van der Waals surface area contributed by atoms with Crippen LogP contribution < -0.4 is 10.6 Å². The molecule has 0 aliphatic carbocycles. The molecular formula is C15H23N3. The molecular weight excluding hydrogens is 222 g/mol. The van der Waals surface area contributed by atoms with Gasteiger partial charge in [0.25, 0.3) is 0 Å². The van der Waals surface area contributed by atoms with E-state index in [0.29, 0.717) is 0 Å². The molecule has 0 saturated heterocycles. The number of aliphatic imine (C=N–C) groups is 1. The first kappa shape index (κ1) is 14.3. The zero-order chi connectivity index (χ0) is 13.4. The summed E-state index contributed by atoms with van der Waals surface area (Å²) < 4.78 is 0. The highest BCUT2D eigenvalue weighted by atomic mass is 15.2. The molecule has 98 valence electrons. The predicted molar refractivity (Wildman–Crippen MR) is 79.2 cm³/mol. The Morgan fingerprint density at radius 3 is 2.72 bits per heavy atom. The standard InChI is InChI=1S/C15H23N3/c1-5-9-17-15(16-4)18-10-8-14-7-6-12(2)11-13(14)3/h5-7,11H,1,8-10H2,2-4H3,(H2,16,17,18). The van der Waals surface area contributed by atoms with Crippen molar-refractivity contribution in [3.05, 3.63) is 47.5 Å². The van der Waals surface area contributed by atoms with Gasteiger partial charge in [0.15, 0.2) is 5.96 Å². The Hall–Kier alpha value is -1.77. The lowest BCUT2D eigenvalue weighted by molar-refractivity contribution is 0.818. The van der Waals surface area contributed by atoms with Crippen molar-refractivity contribution < 1.29 is 0 Å². The predicted octanol–water partition coefficient (Wildman–Crippen LogP) is 2.20. The van der Waals surface area contributed by atoms with Gasteiger partial charge in [-0.15, -0.1) is 6.58 Å². The summed E-state index contributed by atoms with van der Waals surface area (Å²) >= 11 is 0. The third kappa shape index (κ3) is 4.62. The number of benzene rings is 1. The van der Waals surface area contributed by atoms with Gasteiger partial charge in [-0.25, -0.2) is 0 Å². The van der Waals surface area contributed by atoms with E-state index in [4.69, 9.17) is 0 Å². The number of rotatable bonds is 5. The highest BCUT2D eigenvalue weighted by Crippen LogP contribution is 2.10. The van der Waals surface area contributed by atoms with E-state index in [2.05, 4.69) is 54.3 Å². The second-order valence-electron chi connectivity index (χ2n) is 4.35. The maximum atomic E-state index is 4.14. The Balaban J connectivity index is 2.43. The van der Waals surface area contributed by atoms with E-state index in [9.17, 15) is 0 Å². The number of nitrogens with one attached hydrogen (secondary N) is 2. The van der Waals surface area contributed by atoms with Crippen molar-refractivity contribution in [2.45, 2.75) is 20.3 Å². The third-order valence-electron chi connectivity index (χ3n) is 2.82. The van der Waals surface area contributed by atoms with Gasteiger partial charge in [0, 0.05) is 20.1 Å². The van der Waals surface area contributed by atoms with Gasteiger partial charge in [0.1, 0.15) is 0 Å². The Morgan fingerprint density at radius 2 is 2.11 bits per heavy atom. The van der Waals surface area contributed by atoms with Crippen molar-refractivity contribution in [1.82, 2.24) is 10.6 Å². The fourth-order valence-electron chi connectivity index (χ4n) is 1.83. The summed E-state index contributed by atoms with van der Waals surface area (Å²) in [6, 6.07) is 6.58. The van der Waals surface area contributed by atoms with Crippen molar-refractivity contribution in [2.24, 2.45) is 4.99 Å². The highest BCUT2D eigenvalue weighted by molar-refractivity contribution is 5.79. The van der Waals surface area contributed by atoms with Crippen molar-refractivity contribution in [2.75, 3.05) is 20.1 Å². The molecule has 2 N–H and O–H groups in total. The Kier molecular flexibility index (Phi) is 5.98. The summed E-state index contributed by atoms with van der Waals surface area (Å²) in [5.74, 6) is 0.819. The lowest BCUT2D eigenvalue weighted by Crippen LogP contribution is -2.38. The summed E-state index contributed by atoms with van der Waals surface area (Å²) in [4.78, 5) is 4.14. The van der Waals surface area contributed by atoms with Crippen LogP contribution in [0.2, 0.25) is 0 Å². The van der Waals surface area contributed by atoms with Gasteiger partial charge in [-0.3, -0.25) is 4.99 Å². The molecule has 1 aromatic carbocycles. The van der Waals surface area contributed by atoms with E-state index in [1.165, 1.54) is 16.7 Å². The summed E-state index contributed by atoms with van der Waals surface area (Å²) in [6.45, 7) is 9.55. The first-order chi connectivity index (χ1) is 8.67. The number of hydrogen-bond acceptors (Lipinski definition) is 1. The molecule has 0 heterocycles. The number of aryl methyl sites for hydroxylation is 2. The zero-order valence-corrected chi connectivity index (χ0v) is 11.6. The van der Waals surface area contributed by atoms with Crippen LogP contribution in [-0.2, 0) is 6.42 Å². The molecule has 0 spiro atoms. The van der Waals surface area contributed by atoms with Crippen LogP contribution in [0.3, 0.4) is 0 Å². The summed E-state index contributed by atoms with van der Waals surface area (Å²) in [6.07, 6.45) is 2.82. The van der Waals surface area contributed by atoms with Crippen molar-refractivity contribution in [3.63, 3.8) is 0 Å². The maximum absolute atomic E-state index is 4.14. The topological polar surface area (TPSA) is 36.4 Å². The first-order valence-electron chi connectivity index (χ1n) is 6.29. The molecule has 0 fully saturated rings. The molecule has 3 heteroatoms. The molecule has 3 nitrogen and oxygen atoms in total. The summed E-state index contributed by atoms with van der Waals surface area (Å²) in [5, 5.41) is 6.44. The van der Waals surface area contributed by atoms with E-state index in [0.717, 1.165) is 25.5 Å². The Labute approximate surface area is 110 Å². The molecule has 0 radical (unpaired) electrons. The molecule has 0 atom stereocenters. The van der Waals surface area contributed by atoms with Crippen LogP contribution in [0.1, 0.15) is 16.7 Å². The van der Waals surface area contributed by atoms with Crippen LogP contribution in [-0.4, -0.2) is 26.1 Å². The minimum absolute atomic E-state index is 0.725. The molecule has 0 aromatic heterocycles. The van der Waals surface area contributed by atoms with Gasteiger partial charge >= 0.3 is 0 Å². The summed E-state index contributed by atoms with van der Waals surface area (Å²) in [5.41, 5.74) is 4.05. The average molecular weight is 245 g/mol. The van der Waals surface area contributed by atoms with E-state index in [1.807, 2.05) is 6.08 Å². The van der Waals surface area contributed by atoms with E-state index in [-0.39, 0.29) is 0 Å². The fourth-order valence-corrected chi connectivity index (χ4v) is 1.83. The highest BCUT2D eigenvalue weighted by Gasteiger charge is 1.99. The zero-order valence-electron chi connectivity index (χ0n) is 11.6. The molecule has 0 bridgehead atoms. The van der Waals surface area contributed by atoms with Crippen LogP contribution in [0.5, 0.6) is 0 Å². The maximum Gasteiger partial charge on any atom is 0.191 e. The number of nitrogens with zero attached hydrogens (tertiary/aromatic N) is 1. The minimum Gasteiger partial charge on any atom is -0.356 e. The Bertz CT molecular complexity index is 422. The van der Waals surface area contributed by atoms with Gasteiger partial charge in [-0.2, -0.15) is 0 Å². The van der Waals surface area contributed by atoms with Gasteiger partial charge in [0.05, 0.1) is 0 Å². The molecule has 0 aliphatic heterocycles.